The van der Waals surface area contributed by atoms with Crippen molar-refractivity contribution in [2.24, 2.45) is 11.8 Å². The van der Waals surface area contributed by atoms with Gasteiger partial charge in [-0.1, -0.05) is 0 Å². The lowest BCUT2D eigenvalue weighted by molar-refractivity contribution is -0.125. The zero-order chi connectivity index (χ0) is 9.10. The quantitative estimate of drug-likeness (QED) is 0.640. The Morgan fingerprint density at radius 3 is 2.85 bits per heavy atom. The summed E-state index contributed by atoms with van der Waals surface area (Å²) in [6, 6.07) is 0. The minimum absolute atomic E-state index is 0.291. The van der Waals surface area contributed by atoms with E-state index in [-0.39, 0.29) is 0 Å². The number of hydrogen-bond acceptors (Lipinski definition) is 3. The van der Waals surface area contributed by atoms with Gasteiger partial charge in [0.25, 0.3) is 0 Å². The van der Waals surface area contributed by atoms with Crippen LogP contribution in [0.5, 0.6) is 0 Å². The van der Waals surface area contributed by atoms with Crippen LogP contribution in [0.4, 0.5) is 0 Å². The van der Waals surface area contributed by atoms with Crippen molar-refractivity contribution in [1.82, 2.24) is 0 Å². The van der Waals surface area contributed by atoms with E-state index in [1.54, 1.807) is 0 Å². The first-order valence-corrected chi connectivity index (χ1v) is 5.04. The van der Waals surface area contributed by atoms with Crippen molar-refractivity contribution < 1.29 is 14.3 Å². The number of carbonyl (C=O) groups excluding carboxylic acids is 1. The van der Waals surface area contributed by atoms with E-state index < -0.39 is 0 Å². The normalized spacial score (nSPS) is 27.8. The predicted molar refractivity (Wildman–Crippen MR) is 47.5 cm³/mol. The zero-order valence-corrected chi connectivity index (χ0v) is 7.83. The maximum absolute atomic E-state index is 11.2. The summed E-state index contributed by atoms with van der Waals surface area (Å²) in [7, 11) is 0. The summed E-state index contributed by atoms with van der Waals surface area (Å²) in [4.78, 5) is 11.2. The summed E-state index contributed by atoms with van der Waals surface area (Å²) < 4.78 is 10.6. The van der Waals surface area contributed by atoms with Gasteiger partial charge < -0.3 is 9.47 Å². The van der Waals surface area contributed by atoms with Crippen molar-refractivity contribution in [3.63, 3.8) is 0 Å². The molecule has 1 unspecified atom stereocenters. The molecule has 0 bridgehead atoms. The number of hydrogen-bond donors (Lipinski definition) is 0. The molecule has 0 radical (unpaired) electrons. The third-order valence-electron chi connectivity index (χ3n) is 2.65. The van der Waals surface area contributed by atoms with Crippen molar-refractivity contribution in [3.05, 3.63) is 0 Å². The maximum atomic E-state index is 11.2. The Kier molecular flexibility index (Phi) is 2.96. The highest BCUT2D eigenvalue weighted by atomic mass is 16.5. The fourth-order valence-corrected chi connectivity index (χ4v) is 1.56. The minimum Gasteiger partial charge on any atom is -0.381 e. The molecule has 1 aliphatic carbocycles. The molecule has 1 heterocycles. The van der Waals surface area contributed by atoms with Gasteiger partial charge in [-0.2, -0.15) is 0 Å². The van der Waals surface area contributed by atoms with Gasteiger partial charge in [0.2, 0.25) is 0 Å². The topological polar surface area (TPSA) is 35.5 Å². The van der Waals surface area contributed by atoms with Crippen LogP contribution in [0.15, 0.2) is 0 Å². The second kappa shape index (κ2) is 4.20. The molecule has 0 amide bonds. The Morgan fingerprint density at radius 1 is 1.38 bits per heavy atom. The molecule has 0 spiro atoms. The number of carbonyl (C=O) groups is 1. The Bertz CT molecular complexity index is 181. The fraction of sp³-hybridized carbons (Fsp3) is 0.900. The van der Waals surface area contributed by atoms with E-state index in [0.717, 1.165) is 32.5 Å². The van der Waals surface area contributed by atoms with Crippen molar-refractivity contribution >= 4 is 5.78 Å². The minimum atomic E-state index is 0.291. The van der Waals surface area contributed by atoms with Crippen molar-refractivity contribution in [1.29, 1.82) is 0 Å². The average Bonchev–Trinajstić information content (AvgIpc) is 2.86. The van der Waals surface area contributed by atoms with E-state index in [0.29, 0.717) is 30.8 Å². The Labute approximate surface area is 78.4 Å². The van der Waals surface area contributed by atoms with E-state index in [1.807, 2.05) is 0 Å². The highest BCUT2D eigenvalue weighted by Crippen LogP contribution is 2.29. The van der Waals surface area contributed by atoms with Crippen LogP contribution < -0.4 is 0 Å². The largest absolute Gasteiger partial charge is 0.381 e. The van der Waals surface area contributed by atoms with Crippen molar-refractivity contribution in [2.45, 2.75) is 19.3 Å². The molecule has 1 atom stereocenters. The summed E-state index contributed by atoms with van der Waals surface area (Å²) in [6.07, 6.45) is 3.24. The molecule has 1 saturated carbocycles. The average molecular weight is 184 g/mol. The first-order chi connectivity index (χ1) is 6.36. The second-order valence-corrected chi connectivity index (χ2v) is 3.99. The van der Waals surface area contributed by atoms with Gasteiger partial charge >= 0.3 is 0 Å². The van der Waals surface area contributed by atoms with Crippen molar-refractivity contribution in [3.8, 4) is 0 Å². The third kappa shape index (κ3) is 2.78. The van der Waals surface area contributed by atoms with Gasteiger partial charge in [0.05, 0.1) is 13.2 Å². The lowest BCUT2D eigenvalue weighted by atomic mass is 10.1. The summed E-state index contributed by atoms with van der Waals surface area (Å²) in [5, 5.41) is 0. The van der Waals surface area contributed by atoms with Crippen molar-refractivity contribution in [2.75, 3.05) is 26.4 Å². The Balaban J connectivity index is 1.54. The summed E-state index contributed by atoms with van der Waals surface area (Å²) in [5.41, 5.74) is 0. The van der Waals surface area contributed by atoms with Crippen LogP contribution in [0, 0.1) is 11.8 Å². The number of rotatable bonds is 5. The van der Waals surface area contributed by atoms with Crippen LogP contribution in [0.1, 0.15) is 19.3 Å². The van der Waals surface area contributed by atoms with Gasteiger partial charge in [0, 0.05) is 18.4 Å². The molecule has 0 N–H and O–H groups in total. The first kappa shape index (κ1) is 9.16. The van der Waals surface area contributed by atoms with E-state index in [9.17, 15) is 4.79 Å². The molecule has 3 nitrogen and oxygen atoms in total. The monoisotopic (exact) mass is 184 g/mol. The smallest absolute Gasteiger partial charge is 0.161 e. The van der Waals surface area contributed by atoms with Crippen LogP contribution in [-0.4, -0.2) is 32.2 Å². The fourth-order valence-electron chi connectivity index (χ4n) is 1.56. The van der Waals surface area contributed by atoms with Crippen LogP contribution >= 0.6 is 0 Å². The number of ether oxygens (including phenoxy) is 2. The molecule has 2 fully saturated rings. The van der Waals surface area contributed by atoms with Gasteiger partial charge in [-0.05, 0) is 19.3 Å². The lowest BCUT2D eigenvalue weighted by Gasteiger charge is -2.07. The van der Waals surface area contributed by atoms with Crippen LogP contribution in [0.25, 0.3) is 0 Å². The van der Waals surface area contributed by atoms with Gasteiger partial charge in [0.15, 0.2) is 5.78 Å². The van der Waals surface area contributed by atoms with E-state index >= 15 is 0 Å². The molecule has 0 aromatic rings. The van der Waals surface area contributed by atoms with E-state index in [1.165, 1.54) is 0 Å². The molecule has 2 rings (SSSR count). The van der Waals surface area contributed by atoms with Crippen LogP contribution in [0.2, 0.25) is 0 Å². The SMILES string of the molecule is O=C(COCC1CCOC1)C1CC1. The second-order valence-electron chi connectivity index (χ2n) is 3.99. The maximum Gasteiger partial charge on any atom is 0.161 e. The molecule has 0 aromatic heterocycles. The third-order valence-corrected chi connectivity index (χ3v) is 2.65. The first-order valence-electron chi connectivity index (χ1n) is 5.04. The number of Topliss-reactive ketones (excluding diaryl/α,β-unsaturated/α-hetero) is 1. The predicted octanol–water partition coefficient (Wildman–Crippen LogP) is 1.02. The molecule has 13 heavy (non-hydrogen) atoms. The highest BCUT2D eigenvalue weighted by Gasteiger charge is 2.29. The zero-order valence-electron chi connectivity index (χ0n) is 7.83. The van der Waals surface area contributed by atoms with Gasteiger partial charge in [-0.3, -0.25) is 4.79 Å². The number of ketones is 1. The van der Waals surface area contributed by atoms with E-state index in [4.69, 9.17) is 9.47 Å². The lowest BCUT2D eigenvalue weighted by Crippen LogP contribution is -2.16. The van der Waals surface area contributed by atoms with Crippen LogP contribution in [-0.2, 0) is 14.3 Å². The molecule has 74 valence electrons. The van der Waals surface area contributed by atoms with Gasteiger partial charge in [-0.25, -0.2) is 0 Å². The molecule has 2 aliphatic rings. The standard InChI is InChI=1S/C10H16O3/c11-10(9-1-2-9)7-13-6-8-3-4-12-5-8/h8-9H,1-7H2. The molecule has 1 aliphatic heterocycles. The highest BCUT2D eigenvalue weighted by molar-refractivity contribution is 5.84. The molecule has 1 saturated heterocycles. The molecule has 0 aromatic carbocycles. The van der Waals surface area contributed by atoms with Gasteiger partial charge in [-0.15, -0.1) is 0 Å². The molecular weight excluding hydrogens is 168 g/mol. The molecular formula is C10H16O3. The summed E-state index contributed by atoms with van der Waals surface area (Å²) in [5.74, 6) is 1.14. The summed E-state index contributed by atoms with van der Waals surface area (Å²) >= 11 is 0. The molecule has 3 heteroatoms. The Hall–Kier alpha value is -0.410. The Morgan fingerprint density at radius 2 is 2.23 bits per heavy atom. The van der Waals surface area contributed by atoms with E-state index in [2.05, 4.69) is 0 Å². The van der Waals surface area contributed by atoms with Gasteiger partial charge in [0.1, 0.15) is 6.61 Å². The van der Waals surface area contributed by atoms with Crippen LogP contribution in [0.3, 0.4) is 0 Å². The summed E-state index contributed by atoms with van der Waals surface area (Å²) in [6.45, 7) is 2.67.